The van der Waals surface area contributed by atoms with Crippen molar-refractivity contribution in [3.8, 4) is 11.5 Å². The van der Waals surface area contributed by atoms with Gasteiger partial charge in [0.25, 0.3) is 11.6 Å². The molecule has 0 atom stereocenters. The Bertz CT molecular complexity index is 1190. The normalized spacial score (nSPS) is 13.0. The van der Waals surface area contributed by atoms with Crippen molar-refractivity contribution < 1.29 is 23.7 Å². The Hall–Kier alpha value is -4.41. The van der Waals surface area contributed by atoms with Crippen molar-refractivity contribution >= 4 is 23.3 Å². The van der Waals surface area contributed by atoms with Crippen LogP contribution >= 0.6 is 0 Å². The minimum atomic E-state index is -0.579. The van der Waals surface area contributed by atoms with Gasteiger partial charge in [-0.25, -0.2) is 5.01 Å². The first-order valence-corrected chi connectivity index (χ1v) is 10.2. The molecule has 0 saturated heterocycles. The van der Waals surface area contributed by atoms with Crippen LogP contribution in [0.1, 0.15) is 30.7 Å². The molecule has 2 heterocycles. The first kappa shape index (κ1) is 21.8. The van der Waals surface area contributed by atoms with Crippen molar-refractivity contribution in [2.24, 2.45) is 5.10 Å². The summed E-state index contributed by atoms with van der Waals surface area (Å²) in [7, 11) is 0. The average Bonchev–Trinajstić information content (AvgIpc) is 3.52. The van der Waals surface area contributed by atoms with Crippen LogP contribution in [0.3, 0.4) is 0 Å². The number of carbonyl (C=O) groups is 2. The zero-order valence-electron chi connectivity index (χ0n) is 17.4. The Balaban J connectivity index is 1.23. The van der Waals surface area contributed by atoms with Crippen LogP contribution in [-0.2, 0) is 20.9 Å². The molecule has 0 radical (unpaired) electrons. The molecule has 1 aliphatic rings. The average molecular weight is 449 g/mol. The molecule has 3 aromatic rings. The van der Waals surface area contributed by atoms with E-state index in [0.29, 0.717) is 18.5 Å². The number of carbonyl (C=O) groups excluding carboxylic acids is 2. The summed E-state index contributed by atoms with van der Waals surface area (Å²) in [5.74, 6) is -0.618. The molecule has 11 heteroatoms. The highest BCUT2D eigenvalue weighted by Crippen LogP contribution is 2.21. The fraction of sp³-hybridized carbons (Fsp3) is 0.227. The van der Waals surface area contributed by atoms with Crippen LogP contribution in [0.15, 0.2) is 64.1 Å². The molecule has 4 rings (SSSR count). The van der Waals surface area contributed by atoms with Crippen molar-refractivity contribution in [1.82, 2.24) is 15.2 Å². The smallest absolute Gasteiger partial charge is 0.306 e. The lowest BCUT2D eigenvalue weighted by atomic mass is 10.1. The maximum Gasteiger partial charge on any atom is 0.306 e. The number of ether oxygens (including phenoxy) is 1. The standard InChI is InChI=1S/C22H19N5O6/c28-20(26-13-12-18(25-26)15-4-2-1-3-5-15)10-11-21(29)32-14-19-23-24-22(33-19)16-6-8-17(9-7-16)27(30)31/h1-9H,10-14H2. The van der Waals surface area contributed by atoms with E-state index in [9.17, 15) is 19.7 Å². The molecule has 1 aliphatic heterocycles. The highest BCUT2D eigenvalue weighted by Gasteiger charge is 2.22. The maximum absolute atomic E-state index is 12.4. The highest BCUT2D eigenvalue weighted by atomic mass is 16.6. The number of nitro benzene ring substituents is 1. The van der Waals surface area contributed by atoms with Gasteiger partial charge in [-0.2, -0.15) is 5.10 Å². The van der Waals surface area contributed by atoms with E-state index in [1.54, 1.807) is 0 Å². The van der Waals surface area contributed by atoms with Crippen LogP contribution in [0.2, 0.25) is 0 Å². The van der Waals surface area contributed by atoms with E-state index in [-0.39, 0.29) is 42.8 Å². The molecule has 0 aliphatic carbocycles. The molecule has 0 saturated carbocycles. The van der Waals surface area contributed by atoms with Gasteiger partial charge in [-0.3, -0.25) is 19.7 Å². The van der Waals surface area contributed by atoms with Crippen LogP contribution in [0, 0.1) is 10.1 Å². The minimum Gasteiger partial charge on any atom is -0.456 e. The lowest BCUT2D eigenvalue weighted by Gasteiger charge is -2.10. The number of hydrogen-bond acceptors (Lipinski definition) is 9. The summed E-state index contributed by atoms with van der Waals surface area (Å²) in [5, 5.41) is 24.1. The van der Waals surface area contributed by atoms with Crippen molar-refractivity contribution in [3.05, 3.63) is 76.2 Å². The van der Waals surface area contributed by atoms with Crippen molar-refractivity contribution in [2.45, 2.75) is 25.9 Å². The predicted octanol–water partition coefficient (Wildman–Crippen LogP) is 3.10. The number of esters is 1. The van der Waals surface area contributed by atoms with E-state index in [1.807, 2.05) is 30.3 Å². The van der Waals surface area contributed by atoms with Crippen molar-refractivity contribution in [1.29, 1.82) is 0 Å². The molecule has 1 amide bonds. The summed E-state index contributed by atoms with van der Waals surface area (Å²) in [5.41, 5.74) is 2.25. The SMILES string of the molecule is O=C(CCC(=O)N1CCC(c2ccccc2)=N1)OCc1nnc(-c2ccc([N+](=O)[O-])cc2)o1. The molecular formula is C22H19N5O6. The molecule has 1 aromatic heterocycles. The van der Waals surface area contributed by atoms with Gasteiger partial charge in [0.1, 0.15) is 0 Å². The van der Waals surface area contributed by atoms with Crippen LogP contribution < -0.4 is 0 Å². The second kappa shape index (κ2) is 9.81. The molecule has 0 fully saturated rings. The van der Waals surface area contributed by atoms with Crippen LogP contribution in [0.5, 0.6) is 0 Å². The topological polar surface area (TPSA) is 141 Å². The van der Waals surface area contributed by atoms with Gasteiger partial charge in [0, 0.05) is 30.5 Å². The summed E-state index contributed by atoms with van der Waals surface area (Å²) in [6.07, 6.45) is 0.533. The third-order valence-corrected chi connectivity index (χ3v) is 4.89. The largest absolute Gasteiger partial charge is 0.456 e. The van der Waals surface area contributed by atoms with Crippen LogP contribution in [0.25, 0.3) is 11.5 Å². The second-order valence-electron chi connectivity index (χ2n) is 7.15. The van der Waals surface area contributed by atoms with Gasteiger partial charge >= 0.3 is 5.97 Å². The van der Waals surface area contributed by atoms with Gasteiger partial charge in [-0.1, -0.05) is 30.3 Å². The van der Waals surface area contributed by atoms with Gasteiger partial charge < -0.3 is 9.15 Å². The number of benzene rings is 2. The van der Waals surface area contributed by atoms with E-state index in [2.05, 4.69) is 15.3 Å². The molecule has 0 spiro atoms. The Morgan fingerprint density at radius 2 is 1.79 bits per heavy atom. The van der Waals surface area contributed by atoms with Gasteiger partial charge in [0.05, 0.1) is 23.6 Å². The molecular weight excluding hydrogens is 430 g/mol. The van der Waals surface area contributed by atoms with E-state index >= 15 is 0 Å². The Morgan fingerprint density at radius 1 is 1.03 bits per heavy atom. The van der Waals surface area contributed by atoms with Gasteiger partial charge in [0.15, 0.2) is 6.61 Å². The summed E-state index contributed by atoms with van der Waals surface area (Å²) in [6, 6.07) is 15.2. The minimum absolute atomic E-state index is 0.0255. The van der Waals surface area contributed by atoms with Gasteiger partial charge in [-0.05, 0) is 17.7 Å². The third kappa shape index (κ3) is 5.45. The third-order valence-electron chi connectivity index (χ3n) is 4.89. The van der Waals surface area contributed by atoms with E-state index < -0.39 is 10.9 Å². The summed E-state index contributed by atoms with van der Waals surface area (Å²) in [4.78, 5) is 34.6. The predicted molar refractivity (Wildman–Crippen MR) is 115 cm³/mol. The lowest BCUT2D eigenvalue weighted by molar-refractivity contribution is -0.384. The van der Waals surface area contributed by atoms with Crippen LogP contribution in [-0.4, -0.2) is 44.3 Å². The molecule has 0 unspecified atom stereocenters. The molecule has 0 bridgehead atoms. The zero-order chi connectivity index (χ0) is 23.2. The van der Waals surface area contributed by atoms with E-state index in [1.165, 1.54) is 29.3 Å². The Labute approximate surface area is 187 Å². The van der Waals surface area contributed by atoms with Gasteiger partial charge in [-0.15, -0.1) is 10.2 Å². The van der Waals surface area contributed by atoms with Gasteiger partial charge in [0.2, 0.25) is 11.8 Å². The first-order valence-electron chi connectivity index (χ1n) is 10.2. The van der Waals surface area contributed by atoms with Crippen LogP contribution in [0.4, 0.5) is 5.69 Å². The molecule has 0 N–H and O–H groups in total. The second-order valence-corrected chi connectivity index (χ2v) is 7.15. The van der Waals surface area contributed by atoms with E-state index in [0.717, 1.165) is 11.3 Å². The summed E-state index contributed by atoms with van der Waals surface area (Å²) < 4.78 is 10.5. The number of amides is 1. The van der Waals surface area contributed by atoms with Crippen molar-refractivity contribution in [2.75, 3.05) is 6.54 Å². The number of hydrazone groups is 1. The molecule has 11 nitrogen and oxygen atoms in total. The number of rotatable bonds is 8. The quantitative estimate of drug-likeness (QED) is 0.290. The summed E-state index contributed by atoms with van der Waals surface area (Å²) in [6.45, 7) is 0.235. The maximum atomic E-state index is 12.4. The molecule has 168 valence electrons. The molecule has 33 heavy (non-hydrogen) atoms. The fourth-order valence-electron chi connectivity index (χ4n) is 3.18. The molecule has 2 aromatic carbocycles. The lowest BCUT2D eigenvalue weighted by Crippen LogP contribution is -2.24. The Morgan fingerprint density at radius 3 is 2.52 bits per heavy atom. The summed E-state index contributed by atoms with van der Waals surface area (Å²) >= 11 is 0. The van der Waals surface area contributed by atoms with E-state index in [4.69, 9.17) is 9.15 Å². The number of nitrogens with zero attached hydrogens (tertiary/aromatic N) is 5. The number of hydrogen-bond donors (Lipinski definition) is 0. The van der Waals surface area contributed by atoms with Crippen molar-refractivity contribution in [3.63, 3.8) is 0 Å². The highest BCUT2D eigenvalue weighted by molar-refractivity contribution is 6.02. The number of aromatic nitrogens is 2. The Kier molecular flexibility index (Phi) is 6.48. The monoisotopic (exact) mass is 449 g/mol. The zero-order valence-corrected chi connectivity index (χ0v) is 17.4. The number of non-ortho nitro benzene ring substituents is 1. The fourth-order valence-corrected chi connectivity index (χ4v) is 3.18. The first-order chi connectivity index (χ1) is 16.0. The number of nitro groups is 1.